The summed E-state index contributed by atoms with van der Waals surface area (Å²) in [7, 11) is 0. The molecule has 1 aromatic heterocycles. The molecule has 1 heterocycles. The number of ether oxygens (including phenoxy) is 1. The summed E-state index contributed by atoms with van der Waals surface area (Å²) in [5, 5.41) is 4.94. The summed E-state index contributed by atoms with van der Waals surface area (Å²) in [6.45, 7) is 1.95. The number of carbonyl (C=O) groups excluding carboxylic acids is 2. The molecule has 0 fully saturated rings. The summed E-state index contributed by atoms with van der Waals surface area (Å²) in [6.07, 6.45) is -3.30. The molecule has 0 aliphatic heterocycles. The van der Waals surface area contributed by atoms with E-state index < -0.39 is 23.6 Å². The van der Waals surface area contributed by atoms with Gasteiger partial charge in [0, 0.05) is 22.0 Å². The number of halogens is 3. The number of rotatable bonds is 6. The van der Waals surface area contributed by atoms with E-state index in [1.54, 1.807) is 18.2 Å². The first-order valence-corrected chi connectivity index (χ1v) is 12.2. The van der Waals surface area contributed by atoms with Gasteiger partial charge in [0.2, 0.25) is 0 Å². The van der Waals surface area contributed by atoms with Crippen LogP contribution in [0.4, 0.5) is 13.2 Å². The van der Waals surface area contributed by atoms with Crippen molar-refractivity contribution in [3.8, 4) is 16.9 Å². The molecule has 0 saturated carbocycles. The number of hydrogen-bond acceptors (Lipinski definition) is 4. The quantitative estimate of drug-likeness (QED) is 0.104. The zero-order valence-electron chi connectivity index (χ0n) is 21.1. The van der Waals surface area contributed by atoms with Crippen LogP contribution in [0.1, 0.15) is 37.5 Å². The van der Waals surface area contributed by atoms with Crippen LogP contribution in [0.3, 0.4) is 0 Å². The summed E-state index contributed by atoms with van der Waals surface area (Å²) in [5.41, 5.74) is 5.38. The average Bonchev–Trinajstić information content (AvgIpc) is 3.35. The Hall–Kier alpha value is -5.18. The SMILES string of the molecule is Cc1cccc2c(-c3ccccc3)c(C(=O)NN=Cc3ccccc3OC(=O)c3cccc(C(F)(F)F)c3)[nH]c12. The molecule has 2 N–H and O–H groups in total. The summed E-state index contributed by atoms with van der Waals surface area (Å²) in [6, 6.07) is 25.6. The molecule has 5 rings (SSSR count). The normalized spacial score (nSPS) is 11.6. The second kappa shape index (κ2) is 10.9. The molecule has 4 aromatic carbocycles. The number of aryl methyl sites for hydroxylation is 1. The number of aromatic amines is 1. The van der Waals surface area contributed by atoms with Crippen LogP contribution in [0.15, 0.2) is 102 Å². The van der Waals surface area contributed by atoms with Gasteiger partial charge in [-0.15, -0.1) is 0 Å². The van der Waals surface area contributed by atoms with Gasteiger partial charge < -0.3 is 9.72 Å². The molecule has 0 aliphatic carbocycles. The summed E-state index contributed by atoms with van der Waals surface area (Å²) in [4.78, 5) is 29.0. The van der Waals surface area contributed by atoms with Crippen molar-refractivity contribution in [3.05, 3.63) is 125 Å². The standard InChI is InChI=1S/C31H22F3N3O3/c1-19-9-7-15-24-26(20-10-3-2-4-11-20)28(36-27(19)24)29(38)37-35-18-22-12-5-6-16-25(22)40-30(39)21-13-8-14-23(17-21)31(32,33)34/h2-18,36H,1H3,(H,37,38). The van der Waals surface area contributed by atoms with Gasteiger partial charge in [-0.1, -0.05) is 66.7 Å². The number of H-pyrrole nitrogens is 1. The number of hydrogen-bond donors (Lipinski definition) is 2. The fourth-order valence-corrected chi connectivity index (χ4v) is 4.32. The molecule has 5 aromatic rings. The lowest BCUT2D eigenvalue weighted by atomic mass is 10.0. The number of benzene rings is 4. The summed E-state index contributed by atoms with van der Waals surface area (Å²) in [5.74, 6) is -1.38. The Bertz CT molecular complexity index is 1740. The minimum Gasteiger partial charge on any atom is -0.422 e. The van der Waals surface area contributed by atoms with Gasteiger partial charge in [0.1, 0.15) is 11.4 Å². The maximum Gasteiger partial charge on any atom is 0.416 e. The van der Waals surface area contributed by atoms with E-state index in [4.69, 9.17) is 4.74 Å². The Morgan fingerprint density at radius 3 is 2.40 bits per heavy atom. The fourth-order valence-electron chi connectivity index (χ4n) is 4.32. The molecule has 0 aliphatic rings. The molecule has 0 spiro atoms. The number of fused-ring (bicyclic) bond motifs is 1. The number of para-hydroxylation sites is 2. The molecule has 0 atom stereocenters. The topological polar surface area (TPSA) is 83.5 Å². The van der Waals surface area contributed by atoms with Gasteiger partial charge in [0.25, 0.3) is 5.91 Å². The van der Waals surface area contributed by atoms with Gasteiger partial charge in [-0.25, -0.2) is 10.2 Å². The molecule has 200 valence electrons. The largest absolute Gasteiger partial charge is 0.422 e. The van der Waals surface area contributed by atoms with Gasteiger partial charge in [-0.05, 0) is 48.4 Å². The molecule has 9 heteroatoms. The van der Waals surface area contributed by atoms with Crippen molar-refractivity contribution in [3.63, 3.8) is 0 Å². The van der Waals surface area contributed by atoms with Crippen LogP contribution < -0.4 is 10.2 Å². The number of hydrazone groups is 1. The Morgan fingerprint density at radius 2 is 1.62 bits per heavy atom. The van der Waals surface area contributed by atoms with E-state index in [2.05, 4.69) is 15.5 Å². The lowest BCUT2D eigenvalue weighted by Crippen LogP contribution is -2.19. The van der Waals surface area contributed by atoms with Crippen LogP contribution in [-0.4, -0.2) is 23.1 Å². The van der Waals surface area contributed by atoms with Gasteiger partial charge in [-0.2, -0.15) is 18.3 Å². The number of nitrogens with zero attached hydrogens (tertiary/aromatic N) is 1. The number of amides is 1. The summed E-state index contributed by atoms with van der Waals surface area (Å²) >= 11 is 0. The minimum atomic E-state index is -4.59. The predicted molar refractivity (Wildman–Crippen MR) is 146 cm³/mol. The van der Waals surface area contributed by atoms with Crippen LogP contribution in [0.5, 0.6) is 5.75 Å². The first-order chi connectivity index (χ1) is 19.2. The van der Waals surface area contributed by atoms with Crippen molar-refractivity contribution in [2.24, 2.45) is 5.10 Å². The first-order valence-electron chi connectivity index (χ1n) is 12.2. The molecule has 40 heavy (non-hydrogen) atoms. The Labute approximate surface area is 227 Å². The molecule has 0 saturated heterocycles. The third-order valence-corrected chi connectivity index (χ3v) is 6.25. The Balaban J connectivity index is 1.38. The van der Waals surface area contributed by atoms with E-state index in [0.29, 0.717) is 11.3 Å². The molecule has 0 unspecified atom stereocenters. The number of alkyl halides is 3. The van der Waals surface area contributed by atoms with E-state index in [0.717, 1.165) is 45.8 Å². The molecule has 0 bridgehead atoms. The number of nitrogens with one attached hydrogen (secondary N) is 2. The van der Waals surface area contributed by atoms with Gasteiger partial charge >= 0.3 is 12.1 Å². The Morgan fingerprint density at radius 1 is 0.900 bits per heavy atom. The molecule has 1 amide bonds. The molecular weight excluding hydrogens is 519 g/mol. The van der Waals surface area contributed by atoms with Crippen LogP contribution in [0.2, 0.25) is 0 Å². The minimum absolute atomic E-state index is 0.0640. The van der Waals surface area contributed by atoms with Crippen molar-refractivity contribution < 1.29 is 27.5 Å². The van der Waals surface area contributed by atoms with Crippen LogP contribution in [-0.2, 0) is 6.18 Å². The van der Waals surface area contributed by atoms with Crippen molar-refractivity contribution >= 4 is 29.0 Å². The van der Waals surface area contributed by atoms with E-state index in [1.165, 1.54) is 18.3 Å². The molecule has 0 radical (unpaired) electrons. The van der Waals surface area contributed by atoms with Crippen LogP contribution in [0.25, 0.3) is 22.0 Å². The fraction of sp³-hybridized carbons (Fsp3) is 0.0645. The van der Waals surface area contributed by atoms with Gasteiger partial charge in [0.15, 0.2) is 0 Å². The zero-order chi connectivity index (χ0) is 28.3. The summed E-state index contributed by atoms with van der Waals surface area (Å²) < 4.78 is 44.5. The first kappa shape index (κ1) is 26.4. The lowest BCUT2D eigenvalue weighted by Gasteiger charge is -2.10. The molecular formula is C31H22F3N3O3. The monoisotopic (exact) mass is 541 g/mol. The van der Waals surface area contributed by atoms with Crippen molar-refractivity contribution in [1.29, 1.82) is 0 Å². The van der Waals surface area contributed by atoms with Crippen molar-refractivity contribution in [2.45, 2.75) is 13.1 Å². The zero-order valence-corrected chi connectivity index (χ0v) is 21.1. The third-order valence-electron chi connectivity index (χ3n) is 6.25. The predicted octanol–water partition coefficient (Wildman–Crippen LogP) is 7.15. The van der Waals surface area contributed by atoms with Gasteiger partial charge in [-0.3, -0.25) is 4.79 Å². The highest BCUT2D eigenvalue weighted by Crippen LogP contribution is 2.34. The third kappa shape index (κ3) is 5.49. The van der Waals surface area contributed by atoms with E-state index >= 15 is 0 Å². The Kier molecular flexibility index (Phi) is 7.20. The second-order valence-corrected chi connectivity index (χ2v) is 8.94. The molecule has 6 nitrogen and oxygen atoms in total. The number of aromatic nitrogens is 1. The highest BCUT2D eigenvalue weighted by molar-refractivity contribution is 6.10. The maximum atomic E-state index is 13.2. The maximum absolute atomic E-state index is 13.2. The highest BCUT2D eigenvalue weighted by Gasteiger charge is 2.31. The van der Waals surface area contributed by atoms with E-state index in [9.17, 15) is 22.8 Å². The van der Waals surface area contributed by atoms with Crippen molar-refractivity contribution in [2.75, 3.05) is 0 Å². The van der Waals surface area contributed by atoms with Crippen molar-refractivity contribution in [1.82, 2.24) is 10.4 Å². The number of esters is 1. The van der Waals surface area contributed by atoms with Crippen LogP contribution >= 0.6 is 0 Å². The highest BCUT2D eigenvalue weighted by atomic mass is 19.4. The number of carbonyl (C=O) groups is 2. The van der Waals surface area contributed by atoms with Gasteiger partial charge in [0.05, 0.1) is 17.3 Å². The average molecular weight is 542 g/mol. The lowest BCUT2D eigenvalue weighted by molar-refractivity contribution is -0.137. The second-order valence-electron chi connectivity index (χ2n) is 8.94. The van der Waals surface area contributed by atoms with Crippen LogP contribution in [0, 0.1) is 6.92 Å². The van der Waals surface area contributed by atoms with E-state index in [1.807, 2.05) is 55.5 Å². The van der Waals surface area contributed by atoms with E-state index in [-0.39, 0.29) is 11.3 Å². The smallest absolute Gasteiger partial charge is 0.416 e.